The number of ether oxygens (including phenoxy) is 3. The van der Waals surface area contributed by atoms with Gasteiger partial charge in [0.2, 0.25) is 0 Å². The average molecular weight is 954 g/mol. The molecule has 1 atom stereocenters. The van der Waals surface area contributed by atoms with Crippen molar-refractivity contribution in [3.05, 3.63) is 48.6 Å². The van der Waals surface area contributed by atoms with Gasteiger partial charge in [-0.05, 0) is 83.5 Å². The summed E-state index contributed by atoms with van der Waals surface area (Å²) < 4.78 is 16.8. The van der Waals surface area contributed by atoms with Gasteiger partial charge in [0.1, 0.15) is 13.2 Å². The van der Waals surface area contributed by atoms with Gasteiger partial charge in [-0.15, -0.1) is 0 Å². The fourth-order valence-electron chi connectivity index (χ4n) is 8.56. The Bertz CT molecular complexity index is 1190. The molecule has 0 radical (unpaired) electrons. The van der Waals surface area contributed by atoms with E-state index in [4.69, 9.17) is 14.2 Å². The molecule has 0 aromatic rings. The van der Waals surface area contributed by atoms with Crippen molar-refractivity contribution in [1.29, 1.82) is 0 Å². The monoisotopic (exact) mass is 953 g/mol. The minimum Gasteiger partial charge on any atom is -0.462 e. The molecular formula is C62H112O6. The highest BCUT2D eigenvalue weighted by Gasteiger charge is 2.19. The molecule has 0 heterocycles. The highest BCUT2D eigenvalue weighted by Crippen LogP contribution is 2.16. The highest BCUT2D eigenvalue weighted by molar-refractivity contribution is 5.71. The van der Waals surface area contributed by atoms with Gasteiger partial charge in [-0.25, -0.2) is 0 Å². The van der Waals surface area contributed by atoms with Crippen molar-refractivity contribution in [2.75, 3.05) is 13.2 Å². The molecule has 0 N–H and O–H groups in total. The van der Waals surface area contributed by atoms with Gasteiger partial charge >= 0.3 is 17.9 Å². The molecule has 0 saturated heterocycles. The number of esters is 3. The van der Waals surface area contributed by atoms with Gasteiger partial charge in [0, 0.05) is 19.3 Å². The largest absolute Gasteiger partial charge is 0.462 e. The molecule has 6 heteroatoms. The predicted molar refractivity (Wildman–Crippen MR) is 293 cm³/mol. The molecule has 0 rings (SSSR count). The smallest absolute Gasteiger partial charge is 0.306 e. The molecule has 68 heavy (non-hydrogen) atoms. The summed E-state index contributed by atoms with van der Waals surface area (Å²) in [5.74, 6) is -0.877. The van der Waals surface area contributed by atoms with E-state index in [0.29, 0.717) is 19.3 Å². The fourth-order valence-corrected chi connectivity index (χ4v) is 8.56. The molecule has 1 unspecified atom stereocenters. The van der Waals surface area contributed by atoms with Crippen molar-refractivity contribution in [3.63, 3.8) is 0 Å². The van der Waals surface area contributed by atoms with E-state index in [9.17, 15) is 14.4 Å². The molecule has 6 nitrogen and oxygen atoms in total. The second-order valence-corrected chi connectivity index (χ2v) is 19.9. The molecular weight excluding hydrogens is 841 g/mol. The molecule has 0 bridgehead atoms. The van der Waals surface area contributed by atoms with Crippen LogP contribution in [0.15, 0.2) is 48.6 Å². The van der Waals surface area contributed by atoms with Crippen molar-refractivity contribution >= 4 is 17.9 Å². The maximum absolute atomic E-state index is 12.8. The van der Waals surface area contributed by atoms with E-state index in [1.54, 1.807) is 0 Å². The summed E-state index contributed by atoms with van der Waals surface area (Å²) in [4.78, 5) is 37.9. The first-order valence-electron chi connectivity index (χ1n) is 29.6. The van der Waals surface area contributed by atoms with E-state index < -0.39 is 6.10 Å². The van der Waals surface area contributed by atoms with Crippen LogP contribution in [0.1, 0.15) is 310 Å². The first kappa shape index (κ1) is 65.4. The van der Waals surface area contributed by atoms with E-state index >= 15 is 0 Å². The SMILES string of the molecule is CCCCCCC/C=C\C/C=C\C/C=C\CCCCCCCCCCCCC(=O)OCC(COC(=O)CCCCCCCC)OC(=O)CCCCCCCCCCC/C=C\CCCCCCCC. The molecule has 0 aliphatic heterocycles. The van der Waals surface area contributed by atoms with E-state index in [2.05, 4.69) is 69.4 Å². The summed E-state index contributed by atoms with van der Waals surface area (Å²) in [5, 5.41) is 0. The summed E-state index contributed by atoms with van der Waals surface area (Å²) in [6.45, 7) is 6.59. The van der Waals surface area contributed by atoms with Crippen LogP contribution in [0, 0.1) is 0 Å². The van der Waals surface area contributed by atoms with Crippen LogP contribution in [0.3, 0.4) is 0 Å². The minimum absolute atomic E-state index is 0.0736. The molecule has 0 amide bonds. The predicted octanol–water partition coefficient (Wildman–Crippen LogP) is 19.8. The zero-order chi connectivity index (χ0) is 49.3. The first-order valence-corrected chi connectivity index (χ1v) is 29.6. The lowest BCUT2D eigenvalue weighted by molar-refractivity contribution is -0.167. The molecule has 0 spiro atoms. The molecule has 396 valence electrons. The molecule has 0 fully saturated rings. The lowest BCUT2D eigenvalue weighted by atomic mass is 10.0. The van der Waals surface area contributed by atoms with Gasteiger partial charge in [0.25, 0.3) is 0 Å². The summed E-state index contributed by atoms with van der Waals surface area (Å²) >= 11 is 0. The minimum atomic E-state index is -0.772. The number of hydrogen-bond donors (Lipinski definition) is 0. The molecule has 0 aliphatic carbocycles. The Hall–Kier alpha value is -2.63. The first-order chi connectivity index (χ1) is 33.5. The molecule has 0 aromatic heterocycles. The zero-order valence-electron chi connectivity index (χ0n) is 45.4. The third-order valence-electron chi connectivity index (χ3n) is 13.1. The van der Waals surface area contributed by atoms with Gasteiger partial charge in [0.05, 0.1) is 0 Å². The third-order valence-corrected chi connectivity index (χ3v) is 13.1. The molecule has 0 saturated carbocycles. The lowest BCUT2D eigenvalue weighted by Crippen LogP contribution is -2.30. The second-order valence-electron chi connectivity index (χ2n) is 19.9. The topological polar surface area (TPSA) is 78.9 Å². The number of hydrogen-bond acceptors (Lipinski definition) is 6. The summed E-state index contributed by atoms with van der Waals surface area (Å²) in [7, 11) is 0. The van der Waals surface area contributed by atoms with E-state index in [1.807, 2.05) is 0 Å². The van der Waals surface area contributed by atoms with Crippen molar-refractivity contribution < 1.29 is 28.6 Å². The van der Waals surface area contributed by atoms with Crippen molar-refractivity contribution in [1.82, 2.24) is 0 Å². The second kappa shape index (κ2) is 57.0. The van der Waals surface area contributed by atoms with Gasteiger partial charge < -0.3 is 14.2 Å². The van der Waals surface area contributed by atoms with Gasteiger partial charge in [-0.2, -0.15) is 0 Å². The Morgan fingerprint density at radius 1 is 0.294 bits per heavy atom. The Morgan fingerprint density at radius 3 is 0.838 bits per heavy atom. The Labute approximate surface area is 422 Å². The lowest BCUT2D eigenvalue weighted by Gasteiger charge is -2.18. The number of allylic oxidation sites excluding steroid dienone is 8. The van der Waals surface area contributed by atoms with Crippen LogP contribution in [0.4, 0.5) is 0 Å². The average Bonchev–Trinajstić information content (AvgIpc) is 3.34. The summed E-state index contributed by atoms with van der Waals surface area (Å²) in [5.41, 5.74) is 0. The molecule has 0 aromatic carbocycles. The van der Waals surface area contributed by atoms with Crippen molar-refractivity contribution in [3.8, 4) is 0 Å². The van der Waals surface area contributed by atoms with Crippen LogP contribution in [-0.2, 0) is 28.6 Å². The highest BCUT2D eigenvalue weighted by atomic mass is 16.6. The van der Waals surface area contributed by atoms with Crippen LogP contribution in [0.25, 0.3) is 0 Å². The van der Waals surface area contributed by atoms with Gasteiger partial charge in [-0.1, -0.05) is 256 Å². The number of carbonyl (C=O) groups is 3. The van der Waals surface area contributed by atoms with Gasteiger partial charge in [0.15, 0.2) is 6.10 Å². The summed E-state index contributed by atoms with van der Waals surface area (Å²) in [6.07, 6.45) is 69.9. The maximum Gasteiger partial charge on any atom is 0.306 e. The quantitative estimate of drug-likeness (QED) is 0.0262. The Morgan fingerprint density at radius 2 is 0.529 bits per heavy atom. The van der Waals surface area contributed by atoms with E-state index in [-0.39, 0.29) is 31.1 Å². The van der Waals surface area contributed by atoms with E-state index in [0.717, 1.165) is 70.6 Å². The van der Waals surface area contributed by atoms with Crippen LogP contribution in [0.2, 0.25) is 0 Å². The van der Waals surface area contributed by atoms with Crippen LogP contribution >= 0.6 is 0 Å². The van der Waals surface area contributed by atoms with Crippen LogP contribution in [0.5, 0.6) is 0 Å². The maximum atomic E-state index is 12.8. The number of unbranched alkanes of at least 4 members (excludes halogenated alkanes) is 35. The van der Waals surface area contributed by atoms with Gasteiger partial charge in [-0.3, -0.25) is 14.4 Å². The van der Waals surface area contributed by atoms with Crippen LogP contribution < -0.4 is 0 Å². The fraction of sp³-hybridized carbons (Fsp3) is 0.823. The zero-order valence-corrected chi connectivity index (χ0v) is 45.4. The van der Waals surface area contributed by atoms with E-state index in [1.165, 1.54) is 199 Å². The number of rotatable bonds is 54. The number of carbonyl (C=O) groups excluding carboxylic acids is 3. The van der Waals surface area contributed by atoms with Crippen molar-refractivity contribution in [2.45, 2.75) is 316 Å². The standard InChI is InChI=1S/C62H112O6/c1-4-7-10-13-16-18-20-22-24-26-28-29-30-31-32-33-35-36-38-40-42-44-46-49-52-55-61(64)67-58-59(57-66-60(63)54-51-48-15-12-9-6-3)68-62(65)56-53-50-47-45-43-41-39-37-34-27-25-23-21-19-17-14-11-8-5-2/h20,22-23,25-26,28,30-31,59H,4-19,21,24,27,29,32-58H2,1-3H3/b22-20-,25-23-,28-26-,31-30-. The van der Waals surface area contributed by atoms with Crippen LogP contribution in [-0.4, -0.2) is 37.2 Å². The Balaban J connectivity index is 4.11. The summed E-state index contributed by atoms with van der Waals surface area (Å²) in [6, 6.07) is 0. The van der Waals surface area contributed by atoms with Crippen molar-refractivity contribution in [2.24, 2.45) is 0 Å². The molecule has 0 aliphatic rings. The normalized spacial score (nSPS) is 12.3. The Kier molecular flexibility index (Phi) is 54.8. The third kappa shape index (κ3) is 54.3.